The molecule has 4 nitrogen and oxygen atoms in total. The molecule has 2 aliphatic rings. The minimum Gasteiger partial charge on any atom is -0.374 e. The molecule has 1 N–H and O–H groups in total. The second-order valence-electron chi connectivity index (χ2n) is 6.09. The van der Waals surface area contributed by atoms with E-state index in [1.54, 1.807) is 4.90 Å². The topological polar surface area (TPSA) is 41.6 Å². The smallest absolute Gasteiger partial charge is 0.255 e. The maximum Gasteiger partial charge on any atom is 0.255 e. The van der Waals surface area contributed by atoms with E-state index in [0.717, 1.165) is 24.1 Å². The van der Waals surface area contributed by atoms with E-state index in [-0.39, 0.29) is 11.9 Å². The quantitative estimate of drug-likeness (QED) is 0.866. The van der Waals surface area contributed by atoms with Gasteiger partial charge in [-0.1, -0.05) is 31.4 Å². The Hall–Kier alpha value is -1.46. The maximum absolute atomic E-state index is 12.2. The summed E-state index contributed by atoms with van der Waals surface area (Å²) in [6.45, 7) is 2.42. The molecule has 5 heteroatoms. The van der Waals surface area contributed by atoms with Crippen LogP contribution in [-0.2, 0) is 16.1 Å². The number of carbonyl (C=O) groups excluding carboxylic acids is 1. The first-order valence-corrected chi connectivity index (χ1v) is 8.41. The number of rotatable bonds is 4. The SMILES string of the molecule is C[C@@H]1NC(=S)N(c2cccc(COC3CCCCC3)c2)C1=O. The zero-order valence-electron chi connectivity index (χ0n) is 12.9. The zero-order valence-corrected chi connectivity index (χ0v) is 13.7. The van der Waals surface area contributed by atoms with Crippen LogP contribution in [0.4, 0.5) is 5.69 Å². The number of hydrogen-bond acceptors (Lipinski definition) is 3. The normalized spacial score (nSPS) is 23.0. The summed E-state index contributed by atoms with van der Waals surface area (Å²) in [7, 11) is 0. The molecule has 0 radical (unpaired) electrons. The highest BCUT2D eigenvalue weighted by Crippen LogP contribution is 2.24. The molecule has 0 bridgehead atoms. The third-order valence-corrected chi connectivity index (χ3v) is 4.64. The molecule has 2 fully saturated rings. The van der Waals surface area contributed by atoms with Gasteiger partial charge in [-0.2, -0.15) is 0 Å². The first-order valence-electron chi connectivity index (χ1n) is 8.00. The van der Waals surface area contributed by atoms with Gasteiger partial charge < -0.3 is 10.1 Å². The second-order valence-corrected chi connectivity index (χ2v) is 6.47. The van der Waals surface area contributed by atoms with E-state index >= 15 is 0 Å². The van der Waals surface area contributed by atoms with E-state index < -0.39 is 0 Å². The summed E-state index contributed by atoms with van der Waals surface area (Å²) >= 11 is 5.25. The number of ether oxygens (including phenoxy) is 1. The van der Waals surface area contributed by atoms with Gasteiger partial charge in [-0.25, -0.2) is 0 Å². The highest BCUT2D eigenvalue weighted by Gasteiger charge is 2.33. The van der Waals surface area contributed by atoms with Crippen LogP contribution in [0.5, 0.6) is 0 Å². The number of nitrogens with one attached hydrogen (secondary N) is 1. The second kappa shape index (κ2) is 6.75. The van der Waals surface area contributed by atoms with Crippen molar-refractivity contribution in [3.05, 3.63) is 29.8 Å². The first-order chi connectivity index (χ1) is 10.6. The van der Waals surface area contributed by atoms with Gasteiger partial charge in [0, 0.05) is 0 Å². The summed E-state index contributed by atoms with van der Waals surface area (Å²) in [5.74, 6) is -0.00431. The van der Waals surface area contributed by atoms with E-state index in [2.05, 4.69) is 5.32 Å². The largest absolute Gasteiger partial charge is 0.374 e. The molecule has 0 aromatic heterocycles. The molecule has 1 saturated heterocycles. The van der Waals surface area contributed by atoms with Crippen LogP contribution in [0.15, 0.2) is 24.3 Å². The van der Waals surface area contributed by atoms with Crippen molar-refractivity contribution in [3.63, 3.8) is 0 Å². The highest BCUT2D eigenvalue weighted by molar-refractivity contribution is 7.80. The lowest BCUT2D eigenvalue weighted by molar-refractivity contribution is -0.117. The van der Waals surface area contributed by atoms with E-state index in [0.29, 0.717) is 17.8 Å². The number of hydrogen-bond donors (Lipinski definition) is 1. The first kappa shape index (κ1) is 15.4. The molecule has 1 aromatic carbocycles. The van der Waals surface area contributed by atoms with Crippen LogP contribution in [0.1, 0.15) is 44.6 Å². The van der Waals surface area contributed by atoms with Crippen LogP contribution in [0.3, 0.4) is 0 Å². The van der Waals surface area contributed by atoms with Gasteiger partial charge in [0.15, 0.2) is 5.11 Å². The van der Waals surface area contributed by atoms with Crippen molar-refractivity contribution in [3.8, 4) is 0 Å². The Kier molecular flexibility index (Phi) is 4.74. The Morgan fingerprint density at radius 2 is 2.09 bits per heavy atom. The molecule has 0 spiro atoms. The van der Waals surface area contributed by atoms with Crippen molar-refractivity contribution in [2.75, 3.05) is 4.90 Å². The van der Waals surface area contributed by atoms with Crippen molar-refractivity contribution in [1.29, 1.82) is 0 Å². The van der Waals surface area contributed by atoms with Gasteiger partial charge in [0.25, 0.3) is 5.91 Å². The fraction of sp³-hybridized carbons (Fsp3) is 0.529. The standard InChI is InChI=1S/C17H22N2O2S/c1-12-16(20)19(17(22)18-12)14-7-5-6-13(10-14)11-21-15-8-3-2-4-9-15/h5-7,10,12,15H,2-4,8-9,11H2,1H3,(H,18,22)/t12-/m0/s1. The van der Waals surface area contributed by atoms with Gasteiger partial charge in [-0.3, -0.25) is 9.69 Å². The Balaban J connectivity index is 1.67. The molecule has 118 valence electrons. The van der Waals surface area contributed by atoms with E-state index in [1.807, 2.05) is 31.2 Å². The predicted octanol–water partition coefficient (Wildman–Crippen LogP) is 3.15. The fourth-order valence-electron chi connectivity index (χ4n) is 3.08. The number of amides is 1. The van der Waals surface area contributed by atoms with Crippen LogP contribution < -0.4 is 10.2 Å². The number of nitrogens with zero attached hydrogens (tertiary/aromatic N) is 1. The summed E-state index contributed by atoms with van der Waals surface area (Å²) < 4.78 is 6.01. The van der Waals surface area contributed by atoms with Crippen molar-refractivity contribution in [1.82, 2.24) is 5.32 Å². The van der Waals surface area contributed by atoms with E-state index in [9.17, 15) is 4.79 Å². The molecule has 0 unspecified atom stereocenters. The monoisotopic (exact) mass is 318 g/mol. The van der Waals surface area contributed by atoms with Gasteiger partial charge in [-0.05, 0) is 49.7 Å². The molecule has 1 aliphatic carbocycles. The van der Waals surface area contributed by atoms with E-state index in [4.69, 9.17) is 17.0 Å². The molecular formula is C17H22N2O2S. The summed E-state index contributed by atoms with van der Waals surface area (Å²) in [6.07, 6.45) is 6.57. The Labute approximate surface area is 136 Å². The van der Waals surface area contributed by atoms with Crippen molar-refractivity contribution in [2.24, 2.45) is 0 Å². The van der Waals surface area contributed by atoms with Crippen molar-refractivity contribution < 1.29 is 9.53 Å². The molecule has 1 saturated carbocycles. The zero-order chi connectivity index (χ0) is 15.5. The van der Waals surface area contributed by atoms with E-state index in [1.165, 1.54) is 19.3 Å². The van der Waals surface area contributed by atoms with Gasteiger partial charge in [0.2, 0.25) is 0 Å². The van der Waals surface area contributed by atoms with Gasteiger partial charge in [0.05, 0.1) is 18.4 Å². The van der Waals surface area contributed by atoms with Gasteiger partial charge in [-0.15, -0.1) is 0 Å². The average Bonchev–Trinajstić information content (AvgIpc) is 2.79. The van der Waals surface area contributed by atoms with Gasteiger partial charge in [0.1, 0.15) is 6.04 Å². The maximum atomic E-state index is 12.2. The molecule has 1 aromatic rings. The minimum atomic E-state index is -0.255. The number of anilines is 1. The lowest BCUT2D eigenvalue weighted by Crippen LogP contribution is -2.30. The summed E-state index contributed by atoms with van der Waals surface area (Å²) in [6, 6.07) is 7.64. The number of benzene rings is 1. The number of thiocarbonyl (C=S) groups is 1. The highest BCUT2D eigenvalue weighted by atomic mass is 32.1. The molecule has 22 heavy (non-hydrogen) atoms. The molecule has 1 atom stereocenters. The molecule has 1 heterocycles. The predicted molar refractivity (Wildman–Crippen MR) is 90.8 cm³/mol. The van der Waals surface area contributed by atoms with Crippen LogP contribution in [0, 0.1) is 0 Å². The van der Waals surface area contributed by atoms with Gasteiger partial charge >= 0.3 is 0 Å². The molecule has 3 rings (SSSR count). The summed E-state index contributed by atoms with van der Waals surface area (Å²) in [5.41, 5.74) is 1.90. The Bertz CT molecular complexity index is 570. The summed E-state index contributed by atoms with van der Waals surface area (Å²) in [5, 5.41) is 3.47. The average molecular weight is 318 g/mol. The molecule has 1 amide bonds. The lowest BCUT2D eigenvalue weighted by Gasteiger charge is -2.22. The summed E-state index contributed by atoms with van der Waals surface area (Å²) in [4.78, 5) is 13.8. The van der Waals surface area contributed by atoms with Crippen LogP contribution in [0.25, 0.3) is 0 Å². The Morgan fingerprint density at radius 3 is 2.77 bits per heavy atom. The third-order valence-electron chi connectivity index (χ3n) is 4.34. The third kappa shape index (κ3) is 3.31. The van der Waals surface area contributed by atoms with Crippen molar-refractivity contribution >= 4 is 28.9 Å². The van der Waals surface area contributed by atoms with Crippen LogP contribution >= 0.6 is 12.2 Å². The Morgan fingerprint density at radius 1 is 1.32 bits per heavy atom. The minimum absolute atomic E-state index is 0.00431. The van der Waals surface area contributed by atoms with Crippen molar-refractivity contribution in [2.45, 2.75) is 57.8 Å². The molecule has 1 aliphatic heterocycles. The lowest BCUT2D eigenvalue weighted by atomic mass is 9.98. The number of carbonyl (C=O) groups is 1. The van der Waals surface area contributed by atoms with Crippen LogP contribution in [0.2, 0.25) is 0 Å². The fourth-order valence-corrected chi connectivity index (χ4v) is 3.45. The van der Waals surface area contributed by atoms with Crippen LogP contribution in [-0.4, -0.2) is 23.2 Å². The molecular weight excluding hydrogens is 296 g/mol.